The van der Waals surface area contributed by atoms with Gasteiger partial charge in [-0.15, -0.1) is 0 Å². The van der Waals surface area contributed by atoms with Gasteiger partial charge < -0.3 is 4.90 Å². The summed E-state index contributed by atoms with van der Waals surface area (Å²) in [6.45, 7) is 13.1. The first kappa shape index (κ1) is 27.2. The molecule has 0 bridgehead atoms. The third-order valence-corrected chi connectivity index (χ3v) is 10.4. The Morgan fingerprint density at radius 2 is 1.43 bits per heavy atom. The van der Waals surface area contributed by atoms with Crippen molar-refractivity contribution in [2.75, 3.05) is 11.4 Å². The van der Waals surface area contributed by atoms with E-state index >= 15 is 0 Å². The summed E-state index contributed by atoms with van der Waals surface area (Å²) in [6, 6.07) is 27.8. The first-order valence-corrected chi connectivity index (χ1v) is 16.2. The molecule has 2 heteroatoms. The number of benzene rings is 4. The lowest BCUT2D eigenvalue weighted by Gasteiger charge is -2.32. The van der Waals surface area contributed by atoms with Crippen LogP contribution >= 0.6 is 0 Å². The fourth-order valence-corrected chi connectivity index (χ4v) is 8.34. The van der Waals surface area contributed by atoms with E-state index in [-0.39, 0.29) is 10.8 Å². The van der Waals surface area contributed by atoms with Gasteiger partial charge >= 0.3 is 0 Å². The quantitative estimate of drug-likeness (QED) is 0.215. The van der Waals surface area contributed by atoms with Crippen LogP contribution in [0.1, 0.15) is 84.3 Å². The fraction of sp³-hybridized carbons (Fsp3) is 0.375. The Labute approximate surface area is 252 Å². The first-order valence-electron chi connectivity index (χ1n) is 16.2. The smallest absolute Gasteiger partial charge is 0.210 e. The molecule has 3 aliphatic rings. The van der Waals surface area contributed by atoms with Gasteiger partial charge in [-0.25, -0.2) is 0 Å². The molecule has 2 aliphatic heterocycles. The molecule has 0 saturated heterocycles. The summed E-state index contributed by atoms with van der Waals surface area (Å²) in [5.41, 5.74) is 8.46. The molecule has 42 heavy (non-hydrogen) atoms. The highest BCUT2D eigenvalue weighted by Gasteiger charge is 2.46. The van der Waals surface area contributed by atoms with E-state index in [0.29, 0.717) is 6.04 Å². The third kappa shape index (κ3) is 4.09. The van der Waals surface area contributed by atoms with Crippen molar-refractivity contribution in [3.8, 4) is 0 Å². The predicted octanol–water partition coefficient (Wildman–Crippen LogP) is 10.3. The lowest BCUT2D eigenvalue weighted by Crippen LogP contribution is -2.33. The second-order valence-electron chi connectivity index (χ2n) is 13.7. The second kappa shape index (κ2) is 10.3. The zero-order valence-electron chi connectivity index (χ0n) is 26.1. The van der Waals surface area contributed by atoms with Crippen LogP contribution in [0.4, 0.5) is 11.4 Å². The molecule has 0 amide bonds. The Bertz CT molecular complexity index is 1770. The molecule has 1 saturated carbocycles. The van der Waals surface area contributed by atoms with Gasteiger partial charge in [0.15, 0.2) is 5.71 Å². The molecule has 0 radical (unpaired) electrons. The highest BCUT2D eigenvalue weighted by molar-refractivity contribution is 6.07. The standard InChI is InChI=1S/C40H45N2/c1-6-7-27-41-33-25-23-28-15-8-12-19-31(28)37(33)39(2,3)35(41)21-14-22-36-40(4,5)38-32-20-13-9-16-29(32)24-26-34(38)42(36)30-17-10-11-18-30/h8-9,12-16,19-26,30H,6-7,10-11,17-18,27H2,1-5H3/q+1. The average molecular weight is 554 g/mol. The minimum absolute atomic E-state index is 0.0694. The number of hydrogen-bond acceptors (Lipinski definition) is 1. The van der Waals surface area contributed by atoms with E-state index in [1.807, 2.05) is 0 Å². The molecule has 0 unspecified atom stereocenters. The van der Waals surface area contributed by atoms with Crippen molar-refractivity contribution < 1.29 is 4.58 Å². The van der Waals surface area contributed by atoms with Crippen molar-refractivity contribution in [3.05, 3.63) is 108 Å². The number of nitrogens with zero attached hydrogens (tertiary/aromatic N) is 2. The molecular weight excluding hydrogens is 508 g/mol. The van der Waals surface area contributed by atoms with Crippen LogP contribution in [-0.4, -0.2) is 22.9 Å². The first-order chi connectivity index (χ1) is 20.3. The monoisotopic (exact) mass is 553 g/mol. The normalized spacial score (nSPS) is 20.5. The van der Waals surface area contributed by atoms with Gasteiger partial charge in [0.05, 0.1) is 5.41 Å². The Morgan fingerprint density at radius 3 is 2.12 bits per heavy atom. The van der Waals surface area contributed by atoms with Gasteiger partial charge in [-0.1, -0.05) is 101 Å². The number of unbranched alkanes of at least 4 members (excludes halogenated alkanes) is 1. The van der Waals surface area contributed by atoms with E-state index < -0.39 is 0 Å². The molecule has 1 aliphatic carbocycles. The van der Waals surface area contributed by atoms with E-state index in [1.165, 1.54) is 94.0 Å². The summed E-state index contributed by atoms with van der Waals surface area (Å²) in [5, 5.41) is 5.45. The Kier molecular flexibility index (Phi) is 6.65. The Hall–Kier alpha value is -3.65. The summed E-state index contributed by atoms with van der Waals surface area (Å²) in [4.78, 5) is 2.72. The van der Waals surface area contributed by atoms with Crippen LogP contribution in [0.15, 0.2) is 96.7 Å². The summed E-state index contributed by atoms with van der Waals surface area (Å²) < 4.78 is 2.61. The van der Waals surface area contributed by atoms with Crippen LogP contribution in [0.3, 0.4) is 0 Å². The van der Waals surface area contributed by atoms with Gasteiger partial charge in [0, 0.05) is 47.0 Å². The minimum Gasteiger partial charge on any atom is -0.341 e. The number of allylic oxidation sites excluding steroid dienone is 4. The van der Waals surface area contributed by atoms with Crippen molar-refractivity contribution in [2.45, 2.75) is 90.0 Å². The van der Waals surface area contributed by atoms with Gasteiger partial charge in [-0.2, -0.15) is 4.58 Å². The topological polar surface area (TPSA) is 6.25 Å². The van der Waals surface area contributed by atoms with E-state index in [1.54, 1.807) is 0 Å². The molecule has 4 aromatic rings. The van der Waals surface area contributed by atoms with E-state index in [9.17, 15) is 0 Å². The van der Waals surface area contributed by atoms with Crippen molar-refractivity contribution >= 4 is 38.6 Å². The summed E-state index contributed by atoms with van der Waals surface area (Å²) in [7, 11) is 0. The number of fused-ring (bicyclic) bond motifs is 6. The molecule has 214 valence electrons. The van der Waals surface area contributed by atoms with Gasteiger partial charge in [0.1, 0.15) is 6.54 Å². The van der Waals surface area contributed by atoms with Gasteiger partial charge in [0.25, 0.3) is 0 Å². The van der Waals surface area contributed by atoms with Crippen molar-refractivity contribution in [1.82, 2.24) is 0 Å². The SMILES string of the molecule is CCCC[N+]1=C(/C=C/C=C2/N(C3CCCC3)c3ccc4ccccc4c3C2(C)C)C(C)(C)c2c1ccc1ccccc21. The van der Waals surface area contributed by atoms with Crippen molar-refractivity contribution in [1.29, 1.82) is 0 Å². The number of rotatable bonds is 6. The molecule has 0 spiro atoms. The van der Waals surface area contributed by atoms with Crippen LogP contribution in [0.5, 0.6) is 0 Å². The Morgan fingerprint density at radius 1 is 0.786 bits per heavy atom. The second-order valence-corrected chi connectivity index (χ2v) is 13.7. The molecule has 1 fully saturated rings. The van der Waals surface area contributed by atoms with Crippen LogP contribution < -0.4 is 4.90 Å². The van der Waals surface area contributed by atoms with E-state index in [2.05, 4.69) is 135 Å². The highest BCUT2D eigenvalue weighted by Crippen LogP contribution is 2.53. The Balaban J connectivity index is 1.35. The zero-order chi connectivity index (χ0) is 29.1. The maximum absolute atomic E-state index is 2.72. The maximum Gasteiger partial charge on any atom is 0.210 e. The lowest BCUT2D eigenvalue weighted by molar-refractivity contribution is -0.438. The molecule has 2 heterocycles. The number of anilines is 1. The van der Waals surface area contributed by atoms with Crippen LogP contribution in [0, 0.1) is 0 Å². The molecule has 2 nitrogen and oxygen atoms in total. The maximum atomic E-state index is 2.72. The molecular formula is C40H45N2+. The lowest BCUT2D eigenvalue weighted by atomic mass is 9.79. The molecule has 7 rings (SSSR count). The predicted molar refractivity (Wildman–Crippen MR) is 181 cm³/mol. The van der Waals surface area contributed by atoms with Gasteiger partial charge in [-0.3, -0.25) is 0 Å². The molecule has 0 N–H and O–H groups in total. The zero-order valence-corrected chi connectivity index (χ0v) is 26.1. The molecule has 4 aromatic carbocycles. The van der Waals surface area contributed by atoms with Crippen LogP contribution in [0.2, 0.25) is 0 Å². The minimum atomic E-state index is -0.0750. The average Bonchev–Trinajstić information content (AvgIpc) is 3.65. The van der Waals surface area contributed by atoms with Crippen molar-refractivity contribution in [2.24, 2.45) is 0 Å². The van der Waals surface area contributed by atoms with E-state index in [0.717, 1.165) is 6.54 Å². The highest BCUT2D eigenvalue weighted by atomic mass is 15.2. The number of hydrogen-bond donors (Lipinski definition) is 0. The summed E-state index contributed by atoms with van der Waals surface area (Å²) >= 11 is 0. The van der Waals surface area contributed by atoms with Crippen LogP contribution in [-0.2, 0) is 10.8 Å². The van der Waals surface area contributed by atoms with Crippen LogP contribution in [0.25, 0.3) is 21.5 Å². The molecule has 0 aromatic heterocycles. The summed E-state index contributed by atoms with van der Waals surface area (Å²) in [6.07, 6.45) is 14.9. The van der Waals surface area contributed by atoms with E-state index in [4.69, 9.17) is 0 Å². The summed E-state index contributed by atoms with van der Waals surface area (Å²) in [5.74, 6) is 0. The van der Waals surface area contributed by atoms with Crippen molar-refractivity contribution in [3.63, 3.8) is 0 Å². The third-order valence-electron chi connectivity index (χ3n) is 10.4. The molecule has 0 atom stereocenters. The van der Waals surface area contributed by atoms with Gasteiger partial charge in [0.2, 0.25) is 5.69 Å². The largest absolute Gasteiger partial charge is 0.341 e. The van der Waals surface area contributed by atoms with Gasteiger partial charge in [-0.05, 0) is 72.0 Å². The fourth-order valence-electron chi connectivity index (χ4n) is 8.34.